The number of guanidine groups is 1. The lowest BCUT2D eigenvalue weighted by molar-refractivity contribution is -0.121. The number of amides is 2. The van der Waals surface area contributed by atoms with E-state index >= 15 is 0 Å². The number of ether oxygens (including phenoxy) is 2. The van der Waals surface area contributed by atoms with E-state index in [4.69, 9.17) is 20.9 Å². The van der Waals surface area contributed by atoms with E-state index in [1.54, 1.807) is 14.0 Å². The van der Waals surface area contributed by atoms with Crippen molar-refractivity contribution in [3.63, 3.8) is 0 Å². The van der Waals surface area contributed by atoms with Crippen LogP contribution >= 0.6 is 12.4 Å². The zero-order valence-electron chi connectivity index (χ0n) is 20.4. The van der Waals surface area contributed by atoms with Crippen molar-refractivity contribution in [2.75, 3.05) is 31.8 Å². The van der Waals surface area contributed by atoms with E-state index in [2.05, 4.69) is 4.99 Å². The Morgan fingerprint density at radius 1 is 1.11 bits per heavy atom. The van der Waals surface area contributed by atoms with Crippen LogP contribution in [0.2, 0.25) is 0 Å². The highest BCUT2D eigenvalue weighted by Gasteiger charge is 2.20. The molecular weight excluding hydrogens is 468 g/mol. The van der Waals surface area contributed by atoms with Crippen molar-refractivity contribution in [1.82, 2.24) is 0 Å². The average Bonchev–Trinajstić information content (AvgIpc) is 2.82. The first-order chi connectivity index (χ1) is 16.4. The van der Waals surface area contributed by atoms with Crippen molar-refractivity contribution < 1.29 is 19.1 Å². The fourth-order valence-electron chi connectivity index (χ4n) is 4.02. The molecule has 1 heterocycles. The van der Waals surface area contributed by atoms with Gasteiger partial charge < -0.3 is 25.8 Å². The molecule has 35 heavy (non-hydrogen) atoms. The second kappa shape index (κ2) is 13.7. The first kappa shape index (κ1) is 28.1. The Morgan fingerprint density at radius 2 is 1.86 bits per heavy atom. The van der Waals surface area contributed by atoms with Gasteiger partial charge in [0.1, 0.15) is 5.75 Å². The van der Waals surface area contributed by atoms with Crippen molar-refractivity contribution >= 4 is 35.9 Å². The van der Waals surface area contributed by atoms with Gasteiger partial charge in [-0.15, -0.1) is 12.4 Å². The highest BCUT2D eigenvalue weighted by atomic mass is 35.5. The standard InChI is InChI=1S/C26H34N4O4.ClH/c1-18(25(32)29-26(27)28)16-19-7-12-22(23(17-19)34-15-5-14-33-2)20-8-10-21(11-9-20)30-13-4-3-6-24(30)31;/h7-12,17-18H,3-6,13-16H2,1-2H3,(H4,27,28,29,32);1H. The number of anilines is 1. The van der Waals surface area contributed by atoms with Crippen LogP contribution in [0, 0.1) is 5.92 Å². The minimum atomic E-state index is -0.365. The molecule has 190 valence electrons. The van der Waals surface area contributed by atoms with Gasteiger partial charge in [0.2, 0.25) is 5.91 Å². The number of aliphatic imine (C=N–C) groups is 1. The molecule has 1 atom stereocenters. The number of nitrogens with zero attached hydrogens (tertiary/aromatic N) is 2. The number of halogens is 1. The summed E-state index contributed by atoms with van der Waals surface area (Å²) in [4.78, 5) is 29.9. The molecule has 2 amide bonds. The molecule has 0 spiro atoms. The predicted octanol–water partition coefficient (Wildman–Crippen LogP) is 3.69. The van der Waals surface area contributed by atoms with E-state index in [1.807, 2.05) is 47.4 Å². The molecule has 2 aromatic rings. The molecule has 0 bridgehead atoms. The van der Waals surface area contributed by atoms with Gasteiger partial charge in [-0.2, -0.15) is 4.99 Å². The van der Waals surface area contributed by atoms with Crippen LogP contribution in [-0.4, -0.2) is 44.6 Å². The van der Waals surface area contributed by atoms with E-state index in [0.29, 0.717) is 26.1 Å². The highest BCUT2D eigenvalue weighted by molar-refractivity contribution is 5.94. The lowest BCUT2D eigenvalue weighted by atomic mass is 9.96. The number of hydrogen-bond donors (Lipinski definition) is 2. The lowest BCUT2D eigenvalue weighted by Gasteiger charge is -2.27. The van der Waals surface area contributed by atoms with Crippen LogP contribution in [0.3, 0.4) is 0 Å². The average molecular weight is 503 g/mol. The summed E-state index contributed by atoms with van der Waals surface area (Å²) in [6.07, 6.45) is 3.83. The molecule has 1 aliphatic rings. The molecule has 0 radical (unpaired) electrons. The van der Waals surface area contributed by atoms with Crippen LogP contribution in [-0.2, 0) is 20.7 Å². The van der Waals surface area contributed by atoms with Crippen LogP contribution in [0.25, 0.3) is 11.1 Å². The van der Waals surface area contributed by atoms with Gasteiger partial charge in [0, 0.05) is 50.3 Å². The van der Waals surface area contributed by atoms with Gasteiger partial charge in [-0.05, 0) is 48.6 Å². The summed E-state index contributed by atoms with van der Waals surface area (Å²) >= 11 is 0. The summed E-state index contributed by atoms with van der Waals surface area (Å²) in [5, 5.41) is 0. The van der Waals surface area contributed by atoms with Gasteiger partial charge >= 0.3 is 0 Å². The Hall–Kier alpha value is -3.10. The van der Waals surface area contributed by atoms with E-state index in [0.717, 1.165) is 53.9 Å². The summed E-state index contributed by atoms with van der Waals surface area (Å²) in [7, 11) is 1.66. The van der Waals surface area contributed by atoms with Gasteiger partial charge in [0.25, 0.3) is 5.91 Å². The van der Waals surface area contributed by atoms with Crippen molar-refractivity contribution in [3.05, 3.63) is 48.0 Å². The number of carbonyl (C=O) groups is 2. The van der Waals surface area contributed by atoms with E-state index < -0.39 is 0 Å². The van der Waals surface area contributed by atoms with Crippen LogP contribution in [0.1, 0.15) is 38.2 Å². The Kier molecular flexibility index (Phi) is 11.0. The SMILES string of the molecule is COCCCOc1cc(CC(C)C(=O)N=C(N)N)ccc1-c1ccc(N2CCCCC2=O)cc1.Cl. The van der Waals surface area contributed by atoms with Crippen LogP contribution in [0.15, 0.2) is 47.5 Å². The lowest BCUT2D eigenvalue weighted by Crippen LogP contribution is -2.35. The molecular formula is C26H35ClN4O4. The van der Waals surface area contributed by atoms with Crippen molar-refractivity contribution in [3.8, 4) is 16.9 Å². The fraction of sp³-hybridized carbons (Fsp3) is 0.423. The number of nitrogens with two attached hydrogens (primary N) is 2. The zero-order chi connectivity index (χ0) is 24.5. The maximum atomic E-state index is 12.3. The smallest absolute Gasteiger partial charge is 0.252 e. The van der Waals surface area contributed by atoms with Gasteiger partial charge in [-0.1, -0.05) is 31.2 Å². The molecule has 2 aromatic carbocycles. The zero-order valence-corrected chi connectivity index (χ0v) is 21.2. The molecule has 9 heteroatoms. The topological polar surface area (TPSA) is 120 Å². The number of methoxy groups -OCH3 is 1. The molecule has 8 nitrogen and oxygen atoms in total. The van der Waals surface area contributed by atoms with Gasteiger partial charge in [-0.25, -0.2) is 0 Å². The van der Waals surface area contributed by atoms with Crippen molar-refractivity contribution in [1.29, 1.82) is 0 Å². The largest absolute Gasteiger partial charge is 0.493 e. The molecule has 0 aromatic heterocycles. The van der Waals surface area contributed by atoms with Crippen LogP contribution in [0.5, 0.6) is 5.75 Å². The fourth-order valence-corrected chi connectivity index (χ4v) is 4.02. The van der Waals surface area contributed by atoms with Crippen LogP contribution in [0.4, 0.5) is 5.69 Å². The second-order valence-electron chi connectivity index (χ2n) is 8.55. The summed E-state index contributed by atoms with van der Waals surface area (Å²) in [5.41, 5.74) is 14.5. The summed E-state index contributed by atoms with van der Waals surface area (Å²) in [6.45, 7) is 3.67. The molecule has 1 unspecified atom stereocenters. The predicted molar refractivity (Wildman–Crippen MR) is 141 cm³/mol. The highest BCUT2D eigenvalue weighted by Crippen LogP contribution is 2.33. The normalized spacial score (nSPS) is 14.1. The van der Waals surface area contributed by atoms with Crippen molar-refractivity contribution in [2.45, 2.75) is 39.0 Å². The summed E-state index contributed by atoms with van der Waals surface area (Å²) < 4.78 is 11.2. The molecule has 0 aliphatic carbocycles. The summed E-state index contributed by atoms with van der Waals surface area (Å²) in [6, 6.07) is 13.9. The third kappa shape index (κ3) is 7.97. The number of rotatable bonds is 10. The first-order valence-corrected chi connectivity index (χ1v) is 11.7. The number of hydrogen-bond acceptors (Lipinski definition) is 4. The number of carbonyl (C=O) groups excluding carboxylic acids is 2. The van der Waals surface area contributed by atoms with Crippen molar-refractivity contribution in [2.24, 2.45) is 22.4 Å². The number of benzene rings is 2. The molecule has 1 fully saturated rings. The summed E-state index contributed by atoms with van der Waals surface area (Å²) in [5.74, 6) is -0.0407. The quantitative estimate of drug-likeness (QED) is 0.290. The molecule has 0 saturated carbocycles. The van der Waals surface area contributed by atoms with E-state index in [-0.39, 0.29) is 36.1 Å². The van der Waals surface area contributed by atoms with E-state index in [9.17, 15) is 9.59 Å². The number of piperidine rings is 1. The first-order valence-electron chi connectivity index (χ1n) is 11.7. The monoisotopic (exact) mass is 502 g/mol. The Morgan fingerprint density at radius 3 is 2.51 bits per heavy atom. The Labute approximate surface area is 213 Å². The minimum absolute atomic E-state index is 0. The minimum Gasteiger partial charge on any atom is -0.493 e. The van der Waals surface area contributed by atoms with Gasteiger partial charge in [0.15, 0.2) is 5.96 Å². The Balaban J connectivity index is 0.00000432. The second-order valence-corrected chi connectivity index (χ2v) is 8.55. The maximum absolute atomic E-state index is 12.3. The molecule has 1 aliphatic heterocycles. The van der Waals surface area contributed by atoms with Gasteiger partial charge in [0.05, 0.1) is 6.61 Å². The third-order valence-electron chi connectivity index (χ3n) is 5.81. The third-order valence-corrected chi connectivity index (χ3v) is 5.81. The van der Waals surface area contributed by atoms with Gasteiger partial charge in [-0.3, -0.25) is 9.59 Å². The Bertz CT molecular complexity index is 1020. The van der Waals surface area contributed by atoms with Crippen LogP contribution < -0.4 is 21.1 Å². The maximum Gasteiger partial charge on any atom is 0.252 e. The molecule has 4 N–H and O–H groups in total. The van der Waals surface area contributed by atoms with E-state index in [1.165, 1.54) is 0 Å². The molecule has 3 rings (SSSR count). The molecule has 1 saturated heterocycles.